The smallest absolute Gasteiger partial charge is 0.257 e. The lowest BCUT2D eigenvalue weighted by atomic mass is 10.1. The zero-order valence-corrected chi connectivity index (χ0v) is 15.1. The minimum Gasteiger partial charge on any atom is -0.357 e. The normalized spacial score (nSPS) is 10.4. The molecule has 1 aromatic carbocycles. The molecule has 0 spiro atoms. The average Bonchev–Trinajstić information content (AvgIpc) is 2.62. The largest absolute Gasteiger partial charge is 0.357 e. The number of nitrogens with zero attached hydrogens (tertiary/aromatic N) is 2. The van der Waals surface area contributed by atoms with Crippen molar-refractivity contribution in [1.82, 2.24) is 4.98 Å². The zero-order chi connectivity index (χ0) is 18.2. The summed E-state index contributed by atoms with van der Waals surface area (Å²) in [7, 11) is 0. The highest BCUT2D eigenvalue weighted by Crippen LogP contribution is 2.15. The summed E-state index contributed by atoms with van der Waals surface area (Å²) in [6.45, 7) is 7.68. The Kier molecular flexibility index (Phi) is 6.69. The van der Waals surface area contributed by atoms with Gasteiger partial charge in [-0.15, -0.1) is 0 Å². The van der Waals surface area contributed by atoms with Crippen LogP contribution in [-0.4, -0.2) is 29.8 Å². The summed E-state index contributed by atoms with van der Waals surface area (Å²) in [5.74, 6) is 0.616. The predicted octanol–water partition coefficient (Wildman–Crippen LogP) is 4.16. The summed E-state index contributed by atoms with van der Waals surface area (Å²) in [5, 5.41) is 2.81. The van der Waals surface area contributed by atoms with E-state index < -0.39 is 0 Å². The fourth-order valence-electron chi connectivity index (χ4n) is 2.61. The monoisotopic (exact) mass is 339 g/mol. The Hall–Kier alpha value is -2.69. The Balaban J connectivity index is 2.09. The minimum absolute atomic E-state index is 0.0333. The molecule has 0 unspecified atom stereocenters. The highest BCUT2D eigenvalue weighted by molar-refractivity contribution is 6.05. The number of nitrogens with one attached hydrogen (secondary N) is 1. The summed E-state index contributed by atoms with van der Waals surface area (Å²) in [5.41, 5.74) is 1.66. The molecule has 1 amide bonds. The maximum Gasteiger partial charge on any atom is 0.257 e. The number of hydrogen-bond donors (Lipinski definition) is 1. The van der Waals surface area contributed by atoms with E-state index >= 15 is 0 Å². The molecule has 0 saturated carbocycles. The average molecular weight is 339 g/mol. The lowest BCUT2D eigenvalue weighted by molar-refractivity contribution is 0.101. The molecule has 0 bridgehead atoms. The second-order valence-corrected chi connectivity index (χ2v) is 5.98. The van der Waals surface area contributed by atoms with Gasteiger partial charge in [0.05, 0.1) is 5.56 Å². The maximum absolute atomic E-state index is 12.4. The molecule has 2 aromatic rings. The van der Waals surface area contributed by atoms with Gasteiger partial charge in [0.25, 0.3) is 5.91 Å². The van der Waals surface area contributed by atoms with Gasteiger partial charge in [-0.2, -0.15) is 0 Å². The molecule has 0 aliphatic carbocycles. The van der Waals surface area contributed by atoms with Gasteiger partial charge in [-0.25, -0.2) is 4.98 Å². The fraction of sp³-hybridized carbons (Fsp3) is 0.350. The van der Waals surface area contributed by atoms with Crippen LogP contribution in [0.5, 0.6) is 0 Å². The van der Waals surface area contributed by atoms with Crippen molar-refractivity contribution in [2.75, 3.05) is 23.3 Å². The van der Waals surface area contributed by atoms with Crippen LogP contribution in [0.15, 0.2) is 42.6 Å². The van der Waals surface area contributed by atoms with Crippen molar-refractivity contribution in [3.63, 3.8) is 0 Å². The van der Waals surface area contributed by atoms with Gasteiger partial charge < -0.3 is 10.2 Å². The summed E-state index contributed by atoms with van der Waals surface area (Å²) < 4.78 is 0. The van der Waals surface area contributed by atoms with Gasteiger partial charge >= 0.3 is 0 Å². The molecule has 5 nitrogen and oxygen atoms in total. The van der Waals surface area contributed by atoms with Gasteiger partial charge in [0.15, 0.2) is 5.78 Å². The summed E-state index contributed by atoms with van der Waals surface area (Å²) >= 11 is 0. The van der Waals surface area contributed by atoms with E-state index in [1.165, 1.54) is 6.92 Å². The molecule has 5 heteroatoms. The van der Waals surface area contributed by atoms with Gasteiger partial charge in [0, 0.05) is 30.5 Å². The number of carbonyl (C=O) groups is 2. The van der Waals surface area contributed by atoms with Crippen molar-refractivity contribution >= 4 is 23.2 Å². The van der Waals surface area contributed by atoms with Crippen molar-refractivity contribution in [1.29, 1.82) is 0 Å². The Morgan fingerprint density at radius 3 is 2.32 bits per heavy atom. The van der Waals surface area contributed by atoms with E-state index in [0.717, 1.165) is 31.7 Å². The van der Waals surface area contributed by atoms with E-state index in [2.05, 4.69) is 29.0 Å². The SMILES string of the molecule is CCCN(CCC)c1ccc(C(=O)Nc2cccc(C(C)=O)c2)cn1. The number of rotatable bonds is 8. The highest BCUT2D eigenvalue weighted by Gasteiger charge is 2.10. The van der Waals surface area contributed by atoms with E-state index in [1.54, 1.807) is 36.5 Å². The van der Waals surface area contributed by atoms with Gasteiger partial charge in [0.2, 0.25) is 0 Å². The number of anilines is 2. The summed E-state index contributed by atoms with van der Waals surface area (Å²) in [6.07, 6.45) is 3.70. The molecule has 1 N–H and O–H groups in total. The van der Waals surface area contributed by atoms with E-state index in [1.807, 2.05) is 6.07 Å². The molecule has 0 radical (unpaired) electrons. The lowest BCUT2D eigenvalue weighted by Crippen LogP contribution is -2.26. The second kappa shape index (κ2) is 8.97. The number of ketones is 1. The molecule has 0 aliphatic heterocycles. The first-order chi connectivity index (χ1) is 12.0. The Labute approximate surface area is 149 Å². The topological polar surface area (TPSA) is 62.3 Å². The van der Waals surface area contributed by atoms with Crippen molar-refractivity contribution in [2.24, 2.45) is 0 Å². The van der Waals surface area contributed by atoms with Gasteiger partial charge in [-0.1, -0.05) is 26.0 Å². The van der Waals surface area contributed by atoms with Crippen LogP contribution in [0.1, 0.15) is 54.3 Å². The summed E-state index contributed by atoms with van der Waals surface area (Å²) in [6, 6.07) is 10.6. The molecule has 0 atom stereocenters. The molecule has 1 aromatic heterocycles. The maximum atomic E-state index is 12.4. The molecule has 0 aliphatic rings. The second-order valence-electron chi connectivity index (χ2n) is 5.98. The third kappa shape index (κ3) is 5.14. The van der Waals surface area contributed by atoms with Crippen LogP contribution < -0.4 is 10.2 Å². The standard InChI is InChI=1S/C20H25N3O2/c1-4-11-23(12-5-2)19-10-9-17(14-21-19)20(25)22-18-8-6-7-16(13-18)15(3)24/h6-10,13-14H,4-5,11-12H2,1-3H3,(H,22,25). The molecule has 25 heavy (non-hydrogen) atoms. The minimum atomic E-state index is -0.239. The van der Waals surface area contributed by atoms with Crippen molar-refractivity contribution in [2.45, 2.75) is 33.6 Å². The van der Waals surface area contributed by atoms with E-state index in [9.17, 15) is 9.59 Å². The number of carbonyl (C=O) groups excluding carboxylic acids is 2. The van der Waals surface area contributed by atoms with Crippen LogP contribution in [0.25, 0.3) is 0 Å². The fourth-order valence-corrected chi connectivity index (χ4v) is 2.61. The van der Waals surface area contributed by atoms with E-state index in [-0.39, 0.29) is 11.7 Å². The zero-order valence-electron chi connectivity index (χ0n) is 15.1. The highest BCUT2D eigenvalue weighted by atomic mass is 16.1. The lowest BCUT2D eigenvalue weighted by Gasteiger charge is -2.22. The molecular formula is C20H25N3O2. The molecule has 0 fully saturated rings. The van der Waals surface area contributed by atoms with Gasteiger partial charge in [-0.05, 0) is 44.0 Å². The number of amides is 1. The molecule has 1 heterocycles. The quantitative estimate of drug-likeness (QED) is 0.734. The first-order valence-corrected chi connectivity index (χ1v) is 8.68. The van der Waals surface area contributed by atoms with Crippen molar-refractivity contribution in [3.8, 4) is 0 Å². The van der Waals surface area contributed by atoms with Crippen LogP contribution >= 0.6 is 0 Å². The first-order valence-electron chi connectivity index (χ1n) is 8.68. The van der Waals surface area contributed by atoms with Crippen molar-refractivity contribution < 1.29 is 9.59 Å². The van der Waals surface area contributed by atoms with Gasteiger partial charge in [0.1, 0.15) is 5.82 Å². The van der Waals surface area contributed by atoms with E-state index in [0.29, 0.717) is 16.8 Å². The molecule has 2 rings (SSSR count). The van der Waals surface area contributed by atoms with Crippen LogP contribution in [0.3, 0.4) is 0 Å². The Bertz CT molecular complexity index is 720. The number of pyridine rings is 1. The van der Waals surface area contributed by atoms with Crippen LogP contribution in [0.2, 0.25) is 0 Å². The number of Topliss-reactive ketones (excluding diaryl/α,β-unsaturated/α-hetero) is 1. The third-order valence-corrected chi connectivity index (χ3v) is 3.85. The predicted molar refractivity (Wildman–Crippen MR) is 101 cm³/mol. The number of benzene rings is 1. The Morgan fingerprint density at radius 1 is 1.04 bits per heavy atom. The molecule has 132 valence electrons. The van der Waals surface area contributed by atoms with Crippen LogP contribution in [0.4, 0.5) is 11.5 Å². The van der Waals surface area contributed by atoms with Crippen molar-refractivity contribution in [3.05, 3.63) is 53.7 Å². The van der Waals surface area contributed by atoms with Crippen LogP contribution in [-0.2, 0) is 0 Å². The first kappa shape index (κ1) is 18.6. The number of hydrogen-bond acceptors (Lipinski definition) is 4. The third-order valence-electron chi connectivity index (χ3n) is 3.85. The summed E-state index contributed by atoms with van der Waals surface area (Å²) in [4.78, 5) is 30.5. The molecule has 0 saturated heterocycles. The Morgan fingerprint density at radius 2 is 1.76 bits per heavy atom. The molecular weight excluding hydrogens is 314 g/mol. The van der Waals surface area contributed by atoms with Crippen LogP contribution in [0, 0.1) is 0 Å². The van der Waals surface area contributed by atoms with E-state index in [4.69, 9.17) is 0 Å². The van der Waals surface area contributed by atoms with Gasteiger partial charge in [-0.3, -0.25) is 9.59 Å². The number of aromatic nitrogens is 1.